The zero-order valence-electron chi connectivity index (χ0n) is 33.5. The zero-order valence-corrected chi connectivity index (χ0v) is 35.1. The van der Waals surface area contributed by atoms with Crippen molar-refractivity contribution in [3.63, 3.8) is 0 Å². The second-order valence-electron chi connectivity index (χ2n) is 16.5. The number of halogens is 2. The molecule has 7 rings (SSSR count). The number of para-hydroxylation sites is 1. The average molecular weight is 845 g/mol. The molecule has 0 aromatic heterocycles. The first-order chi connectivity index (χ1) is 28.1. The van der Waals surface area contributed by atoms with Crippen LogP contribution in [-0.4, -0.2) is 88.0 Å². The van der Waals surface area contributed by atoms with Gasteiger partial charge in [0.1, 0.15) is 11.4 Å². The summed E-state index contributed by atoms with van der Waals surface area (Å²) in [5, 5.41) is 16.0. The lowest BCUT2D eigenvalue weighted by Gasteiger charge is -2.39. The van der Waals surface area contributed by atoms with E-state index in [-0.39, 0.29) is 34.2 Å². The van der Waals surface area contributed by atoms with Crippen molar-refractivity contribution in [3.05, 3.63) is 123 Å². The summed E-state index contributed by atoms with van der Waals surface area (Å²) in [4.78, 5) is 31.5. The molecule has 0 unspecified atom stereocenters. The lowest BCUT2D eigenvalue weighted by Crippen LogP contribution is -2.47. The number of nitro benzene ring substituents is 1. The Kier molecular flexibility index (Phi) is 12.6. The van der Waals surface area contributed by atoms with Crippen LogP contribution in [0.3, 0.4) is 0 Å². The maximum atomic E-state index is 14.9. The topological polar surface area (TPSA) is 137 Å². The van der Waals surface area contributed by atoms with Gasteiger partial charge < -0.3 is 19.9 Å². The number of anilines is 2. The first-order valence-corrected chi connectivity index (χ1v) is 21.8. The number of nitrogens with zero attached hydrogens (tertiary/aromatic N) is 4. The summed E-state index contributed by atoms with van der Waals surface area (Å²) in [6.45, 7) is 10.1. The van der Waals surface area contributed by atoms with Gasteiger partial charge in [-0.05, 0) is 117 Å². The Balaban J connectivity index is 1.08. The monoisotopic (exact) mass is 844 g/mol. The Morgan fingerprint density at radius 1 is 0.949 bits per heavy atom. The molecule has 15 heteroatoms. The maximum Gasteiger partial charge on any atom is 0.293 e. The first-order valence-electron chi connectivity index (χ1n) is 20.0. The number of sulfonamides is 1. The number of piperidine rings is 1. The number of rotatable bonds is 12. The van der Waals surface area contributed by atoms with E-state index in [1.807, 2.05) is 23.9 Å². The van der Waals surface area contributed by atoms with E-state index in [4.69, 9.17) is 16.3 Å². The number of benzene rings is 4. The Morgan fingerprint density at radius 2 is 1.66 bits per heavy atom. The number of nitro groups is 1. The quantitative estimate of drug-likeness (QED) is 0.105. The fourth-order valence-electron chi connectivity index (χ4n) is 8.08. The summed E-state index contributed by atoms with van der Waals surface area (Å²) in [5.74, 6) is -1.89. The molecule has 2 heterocycles. The summed E-state index contributed by atoms with van der Waals surface area (Å²) < 4.78 is 50.1. The normalized spacial score (nSPS) is 18.1. The van der Waals surface area contributed by atoms with Crippen LogP contribution >= 0.6 is 11.6 Å². The summed E-state index contributed by atoms with van der Waals surface area (Å²) in [6, 6.07) is 22.1. The molecular weight excluding hydrogens is 795 g/mol. The summed E-state index contributed by atoms with van der Waals surface area (Å²) in [6.07, 6.45) is 4.70. The Morgan fingerprint density at radius 3 is 2.36 bits per heavy atom. The minimum Gasteiger partial charge on any atom is -0.453 e. The molecule has 0 saturated carbocycles. The van der Waals surface area contributed by atoms with Gasteiger partial charge in [0.15, 0.2) is 11.6 Å². The summed E-state index contributed by atoms with van der Waals surface area (Å²) in [7, 11) is -2.58. The van der Waals surface area contributed by atoms with Crippen molar-refractivity contribution in [2.24, 2.45) is 5.41 Å². The molecule has 0 bridgehead atoms. The second-order valence-corrected chi connectivity index (χ2v) is 18.6. The van der Waals surface area contributed by atoms with Gasteiger partial charge in [-0.1, -0.05) is 55.3 Å². The van der Waals surface area contributed by atoms with E-state index >= 15 is 0 Å². The van der Waals surface area contributed by atoms with Crippen LogP contribution in [0.5, 0.6) is 11.5 Å². The number of allylic oxidation sites excluding steroid dienone is 1. The van der Waals surface area contributed by atoms with E-state index in [0.29, 0.717) is 18.1 Å². The van der Waals surface area contributed by atoms with Gasteiger partial charge in [0.05, 0.1) is 15.4 Å². The number of ether oxygens (including phenoxy) is 1. The first kappa shape index (κ1) is 42.1. The highest BCUT2D eigenvalue weighted by Crippen LogP contribution is 2.43. The van der Waals surface area contributed by atoms with Gasteiger partial charge in [-0.3, -0.25) is 19.8 Å². The summed E-state index contributed by atoms with van der Waals surface area (Å²) in [5.41, 5.74) is 4.60. The van der Waals surface area contributed by atoms with E-state index in [2.05, 4.69) is 46.0 Å². The maximum absolute atomic E-state index is 14.9. The number of nitrogens with one attached hydrogen (secondary N) is 2. The van der Waals surface area contributed by atoms with Crippen molar-refractivity contribution >= 4 is 50.2 Å². The van der Waals surface area contributed by atoms with E-state index < -0.39 is 37.3 Å². The summed E-state index contributed by atoms with van der Waals surface area (Å²) >= 11 is 6.22. The van der Waals surface area contributed by atoms with Gasteiger partial charge in [0.2, 0.25) is 0 Å². The highest BCUT2D eigenvalue weighted by atomic mass is 35.5. The highest BCUT2D eigenvalue weighted by Gasteiger charge is 2.31. The molecule has 2 fully saturated rings. The molecule has 1 amide bonds. The Bertz CT molecular complexity index is 2340. The fraction of sp³-hybridized carbons (Fsp3) is 0.386. The van der Waals surface area contributed by atoms with Crippen LogP contribution in [0.15, 0.2) is 95.4 Å². The number of hydrogen-bond acceptors (Lipinski definition) is 10. The molecule has 2 aliphatic heterocycles. The van der Waals surface area contributed by atoms with Crippen LogP contribution in [0.25, 0.3) is 5.57 Å². The molecule has 3 aliphatic rings. The third-order valence-corrected chi connectivity index (χ3v) is 13.2. The molecular formula is C44H50ClFN6O6S. The number of likely N-dealkylation sites (tertiary alicyclic amines) is 1. The number of piperazine rings is 1. The fourth-order valence-corrected chi connectivity index (χ4v) is 9.20. The van der Waals surface area contributed by atoms with Crippen LogP contribution < -0.4 is 19.7 Å². The number of amides is 1. The van der Waals surface area contributed by atoms with Gasteiger partial charge in [-0.25, -0.2) is 17.5 Å². The average Bonchev–Trinajstić information content (AvgIpc) is 3.20. The minimum atomic E-state index is -4.59. The molecule has 2 N–H and O–H groups in total. The van der Waals surface area contributed by atoms with Crippen molar-refractivity contribution in [1.29, 1.82) is 0 Å². The number of carbonyl (C=O) groups excluding carboxylic acids is 1. The minimum absolute atomic E-state index is 0.00669. The Labute approximate surface area is 350 Å². The number of hydrogen-bond donors (Lipinski definition) is 2. The SMILES string of the molecule is CN1CCC(Nc2ccc(S(=O)(=O)NC(=O)c3ccc(N4CCN(CC5=C(c6ccc(Cl)cc6)CC(C)(C)CC5)CC4)cc3Oc3ccccc3F)cc2[N+](=O)[O-])CC1. The smallest absolute Gasteiger partial charge is 0.293 e. The van der Waals surface area contributed by atoms with Gasteiger partial charge >= 0.3 is 0 Å². The molecule has 0 atom stereocenters. The second kappa shape index (κ2) is 17.7. The van der Waals surface area contributed by atoms with E-state index in [1.165, 1.54) is 53.1 Å². The lowest BCUT2D eigenvalue weighted by molar-refractivity contribution is -0.384. The molecule has 59 heavy (non-hydrogen) atoms. The molecule has 4 aromatic carbocycles. The van der Waals surface area contributed by atoms with Gasteiger partial charge in [-0.2, -0.15) is 0 Å². The molecule has 0 spiro atoms. The molecule has 312 valence electrons. The van der Waals surface area contributed by atoms with E-state index in [0.717, 1.165) is 76.6 Å². The largest absolute Gasteiger partial charge is 0.453 e. The predicted molar refractivity (Wildman–Crippen MR) is 229 cm³/mol. The van der Waals surface area contributed by atoms with E-state index in [9.17, 15) is 27.7 Å². The van der Waals surface area contributed by atoms with Gasteiger partial charge in [-0.15, -0.1) is 0 Å². The number of carbonyl (C=O) groups is 1. The third kappa shape index (κ3) is 10.2. The van der Waals surface area contributed by atoms with Crippen LogP contribution in [0.4, 0.5) is 21.5 Å². The molecule has 4 aromatic rings. The molecule has 1 aliphatic carbocycles. The van der Waals surface area contributed by atoms with Crippen LogP contribution in [0.1, 0.15) is 61.9 Å². The van der Waals surface area contributed by atoms with Crippen LogP contribution in [0, 0.1) is 21.3 Å². The Hall–Kier alpha value is -5.02. The van der Waals surface area contributed by atoms with Crippen molar-refractivity contribution in [2.75, 3.05) is 63.1 Å². The standard InChI is InChI=1S/C44H50ClFN6O6S/c1-44(2)19-16-31(37(28-44)30-8-10-32(45)11-9-30)29-50-22-24-51(25-23-50)34-12-14-36(42(26-34)58-41-7-5-4-6-38(41)46)43(53)48-59(56,57)35-13-15-39(40(27-35)52(54)55)47-33-17-20-49(3)21-18-33/h4-15,26-27,33,47H,16-25,28-29H2,1-3H3,(H,48,53). The van der Waals surface area contributed by atoms with Crippen molar-refractivity contribution < 1.29 is 27.3 Å². The molecule has 2 saturated heterocycles. The predicted octanol–water partition coefficient (Wildman–Crippen LogP) is 8.59. The highest BCUT2D eigenvalue weighted by molar-refractivity contribution is 7.90. The van der Waals surface area contributed by atoms with Crippen LogP contribution in [0.2, 0.25) is 5.02 Å². The zero-order chi connectivity index (χ0) is 41.9. The lowest BCUT2D eigenvalue weighted by atomic mass is 9.72. The molecule has 12 nitrogen and oxygen atoms in total. The van der Waals surface area contributed by atoms with Crippen molar-refractivity contribution in [3.8, 4) is 11.5 Å². The molecule has 0 radical (unpaired) electrons. The van der Waals surface area contributed by atoms with Gasteiger partial charge in [0.25, 0.3) is 21.6 Å². The van der Waals surface area contributed by atoms with Gasteiger partial charge in [0, 0.05) is 61.6 Å². The van der Waals surface area contributed by atoms with Crippen LogP contribution in [-0.2, 0) is 10.0 Å². The van der Waals surface area contributed by atoms with Crippen molar-refractivity contribution in [1.82, 2.24) is 14.5 Å². The van der Waals surface area contributed by atoms with E-state index in [1.54, 1.807) is 18.2 Å². The van der Waals surface area contributed by atoms with Crippen molar-refractivity contribution in [2.45, 2.75) is 56.9 Å². The third-order valence-electron chi connectivity index (χ3n) is 11.6.